The molecule has 0 amide bonds. The Morgan fingerprint density at radius 1 is 0.970 bits per heavy atom. The largest absolute Gasteiger partial charge is 0.457 e. The quantitative estimate of drug-likeness (QED) is 0.292. The fourth-order valence-corrected chi connectivity index (χ4v) is 4.19. The summed E-state index contributed by atoms with van der Waals surface area (Å²) in [5.74, 6) is -0.398. The Morgan fingerprint density at radius 2 is 1.55 bits per heavy atom. The van der Waals surface area contributed by atoms with E-state index in [0.29, 0.717) is 5.69 Å². The van der Waals surface area contributed by atoms with Crippen molar-refractivity contribution in [2.24, 2.45) is 0 Å². The van der Waals surface area contributed by atoms with Gasteiger partial charge >= 0.3 is 5.97 Å². The molecule has 0 heterocycles. The van der Waals surface area contributed by atoms with Crippen LogP contribution in [0.4, 0.5) is 11.4 Å². The van der Waals surface area contributed by atoms with E-state index in [0.717, 1.165) is 29.9 Å². The van der Waals surface area contributed by atoms with Crippen molar-refractivity contribution in [1.29, 1.82) is 0 Å². The van der Waals surface area contributed by atoms with Crippen LogP contribution in [0, 0.1) is 0 Å². The number of hydrogen-bond donors (Lipinski definition) is 1. The highest BCUT2D eigenvalue weighted by molar-refractivity contribution is 7.92. The van der Waals surface area contributed by atoms with Crippen molar-refractivity contribution in [3.63, 3.8) is 0 Å². The molecule has 0 saturated heterocycles. The van der Waals surface area contributed by atoms with Crippen molar-refractivity contribution in [1.82, 2.24) is 0 Å². The highest BCUT2D eigenvalue weighted by Crippen LogP contribution is 2.21. The molecular formula is C26H34N2O4S. The molecule has 0 saturated carbocycles. The van der Waals surface area contributed by atoms with Crippen molar-refractivity contribution < 1.29 is 17.9 Å². The van der Waals surface area contributed by atoms with E-state index < -0.39 is 21.6 Å². The molecule has 2 aromatic carbocycles. The van der Waals surface area contributed by atoms with Gasteiger partial charge in [0.05, 0.1) is 4.90 Å². The average molecular weight is 471 g/mol. The van der Waals surface area contributed by atoms with Gasteiger partial charge in [-0.3, -0.25) is 4.72 Å². The minimum Gasteiger partial charge on any atom is -0.457 e. The number of carbonyl (C=O) groups excluding carboxylic acids is 1. The molecule has 2 rings (SSSR count). The summed E-state index contributed by atoms with van der Waals surface area (Å²) in [6, 6.07) is 13.9. The van der Waals surface area contributed by atoms with Crippen molar-refractivity contribution in [3.05, 3.63) is 71.8 Å². The lowest BCUT2D eigenvalue weighted by Crippen LogP contribution is -2.22. The predicted octanol–water partition coefficient (Wildman–Crippen LogP) is 5.63. The van der Waals surface area contributed by atoms with Crippen LogP contribution in [-0.4, -0.2) is 33.1 Å². The van der Waals surface area contributed by atoms with Crippen LogP contribution in [-0.2, 0) is 19.6 Å². The monoisotopic (exact) mass is 470 g/mol. The van der Waals surface area contributed by atoms with E-state index in [2.05, 4.69) is 23.5 Å². The second-order valence-electron chi connectivity index (χ2n) is 8.65. The first-order valence-corrected chi connectivity index (χ1v) is 12.5. The second kappa shape index (κ2) is 11.2. The predicted molar refractivity (Wildman–Crippen MR) is 136 cm³/mol. The third kappa shape index (κ3) is 8.42. The molecular weight excluding hydrogens is 436 g/mol. The number of anilines is 2. The van der Waals surface area contributed by atoms with Crippen LogP contribution < -0.4 is 9.62 Å². The number of hydrogen-bond acceptors (Lipinski definition) is 5. The van der Waals surface area contributed by atoms with Gasteiger partial charge in [-0.15, -0.1) is 0 Å². The summed E-state index contributed by atoms with van der Waals surface area (Å²) in [7, 11) is -3.68. The zero-order chi connectivity index (χ0) is 24.6. The number of benzene rings is 2. The number of nitrogens with one attached hydrogen (secondary N) is 1. The minimum absolute atomic E-state index is 0.213. The van der Waals surface area contributed by atoms with Gasteiger partial charge in [0.2, 0.25) is 0 Å². The van der Waals surface area contributed by atoms with E-state index in [4.69, 9.17) is 4.74 Å². The average Bonchev–Trinajstić information content (AvgIpc) is 2.74. The van der Waals surface area contributed by atoms with Crippen LogP contribution in [0.1, 0.15) is 47.1 Å². The molecule has 0 aliphatic rings. The van der Waals surface area contributed by atoms with E-state index in [1.165, 1.54) is 6.08 Å². The number of nitrogens with zero attached hydrogens (tertiary/aromatic N) is 1. The molecule has 0 radical (unpaired) electrons. The summed E-state index contributed by atoms with van der Waals surface area (Å²) < 4.78 is 33.3. The van der Waals surface area contributed by atoms with E-state index in [-0.39, 0.29) is 4.90 Å². The molecule has 33 heavy (non-hydrogen) atoms. The zero-order valence-corrected chi connectivity index (χ0v) is 21.1. The van der Waals surface area contributed by atoms with Gasteiger partial charge in [-0.2, -0.15) is 0 Å². The van der Waals surface area contributed by atoms with Crippen LogP contribution in [0.3, 0.4) is 0 Å². The lowest BCUT2D eigenvalue weighted by atomic mass is 10.1. The van der Waals surface area contributed by atoms with Gasteiger partial charge in [-0.1, -0.05) is 29.9 Å². The molecule has 1 N–H and O–H groups in total. The molecule has 0 atom stereocenters. The van der Waals surface area contributed by atoms with Crippen molar-refractivity contribution in [2.75, 3.05) is 22.7 Å². The molecule has 0 aromatic heterocycles. The first kappa shape index (κ1) is 26.2. The highest BCUT2D eigenvalue weighted by Gasteiger charge is 2.15. The second-order valence-corrected chi connectivity index (χ2v) is 10.3. The Bertz CT molecular complexity index is 1090. The van der Waals surface area contributed by atoms with E-state index >= 15 is 0 Å². The first-order valence-electron chi connectivity index (χ1n) is 11.0. The number of sulfonamides is 1. The lowest BCUT2D eigenvalue weighted by molar-refractivity contribution is -0.148. The molecule has 0 aliphatic carbocycles. The van der Waals surface area contributed by atoms with Crippen molar-refractivity contribution in [2.45, 2.75) is 52.0 Å². The molecule has 0 aliphatic heterocycles. The smallest absolute Gasteiger partial charge is 0.331 e. The Hall–Kier alpha value is -3.06. The van der Waals surface area contributed by atoms with Crippen LogP contribution in [0.2, 0.25) is 0 Å². The maximum atomic E-state index is 12.7. The topological polar surface area (TPSA) is 75.7 Å². The van der Waals surface area contributed by atoms with Gasteiger partial charge in [0, 0.05) is 30.5 Å². The maximum absolute atomic E-state index is 12.7. The minimum atomic E-state index is -3.68. The number of ether oxygens (including phenoxy) is 1. The van der Waals surface area contributed by atoms with E-state index in [9.17, 15) is 13.2 Å². The fraction of sp³-hybridized carbons (Fsp3) is 0.346. The first-order chi connectivity index (χ1) is 15.4. The summed E-state index contributed by atoms with van der Waals surface area (Å²) in [5.41, 5.74) is 2.68. The molecule has 7 heteroatoms. The standard InChI is InChI=1S/C26H34N2O4S/c1-7-28(8-2)23-14-16-24(17-15-23)33(30,31)27-22-12-10-21(11-13-22)19-20(3)9-18-25(29)32-26(4,5)6/h9-19,27H,7-8H2,1-6H3/b18-9+,20-19+. The van der Waals surface area contributed by atoms with Crippen LogP contribution in [0.15, 0.2) is 71.2 Å². The summed E-state index contributed by atoms with van der Waals surface area (Å²) in [4.78, 5) is 14.2. The van der Waals surface area contributed by atoms with Gasteiger partial charge in [0.1, 0.15) is 5.60 Å². The third-order valence-electron chi connectivity index (χ3n) is 4.72. The van der Waals surface area contributed by atoms with Gasteiger partial charge in [0.25, 0.3) is 10.0 Å². The summed E-state index contributed by atoms with van der Waals surface area (Å²) in [6.45, 7) is 13.2. The van der Waals surface area contributed by atoms with Crippen molar-refractivity contribution in [3.8, 4) is 0 Å². The normalized spacial score (nSPS) is 12.6. The van der Waals surface area contributed by atoms with E-state index in [1.54, 1.807) is 30.3 Å². The van der Waals surface area contributed by atoms with Gasteiger partial charge < -0.3 is 9.64 Å². The fourth-order valence-electron chi connectivity index (χ4n) is 3.13. The molecule has 0 bridgehead atoms. The van der Waals surface area contributed by atoms with E-state index in [1.807, 2.05) is 58.0 Å². The van der Waals surface area contributed by atoms with Gasteiger partial charge in [-0.25, -0.2) is 13.2 Å². The summed E-state index contributed by atoms with van der Waals surface area (Å²) >= 11 is 0. The van der Waals surface area contributed by atoms with Crippen LogP contribution in [0.5, 0.6) is 0 Å². The molecule has 0 unspecified atom stereocenters. The zero-order valence-electron chi connectivity index (χ0n) is 20.3. The summed E-state index contributed by atoms with van der Waals surface area (Å²) in [5, 5.41) is 0. The number of esters is 1. The van der Waals surface area contributed by atoms with Crippen LogP contribution >= 0.6 is 0 Å². The number of allylic oxidation sites excluding steroid dienone is 2. The lowest BCUT2D eigenvalue weighted by Gasteiger charge is -2.21. The Balaban J connectivity index is 2.06. The third-order valence-corrected chi connectivity index (χ3v) is 6.12. The Kier molecular flexibility index (Phi) is 8.88. The molecule has 0 fully saturated rings. The van der Waals surface area contributed by atoms with Crippen LogP contribution in [0.25, 0.3) is 6.08 Å². The SMILES string of the molecule is CCN(CC)c1ccc(S(=O)(=O)Nc2ccc(/C=C(C)/C=C/C(=O)OC(C)(C)C)cc2)cc1. The Morgan fingerprint density at radius 3 is 2.06 bits per heavy atom. The molecule has 0 spiro atoms. The van der Waals surface area contributed by atoms with Gasteiger partial charge in [0.15, 0.2) is 0 Å². The van der Waals surface area contributed by atoms with Crippen molar-refractivity contribution >= 4 is 33.4 Å². The van der Waals surface area contributed by atoms with Gasteiger partial charge in [-0.05, 0) is 83.5 Å². The highest BCUT2D eigenvalue weighted by atomic mass is 32.2. The molecule has 6 nitrogen and oxygen atoms in total. The molecule has 178 valence electrons. The summed E-state index contributed by atoms with van der Waals surface area (Å²) in [6.07, 6.45) is 4.97. The number of rotatable bonds is 9. The Labute approximate surface area is 198 Å². The number of carbonyl (C=O) groups is 1. The molecule has 2 aromatic rings. The maximum Gasteiger partial charge on any atom is 0.331 e.